The van der Waals surface area contributed by atoms with Gasteiger partial charge in [-0.05, 0) is 0 Å². The molecule has 0 radical (unpaired) electrons. The molecule has 0 aromatic rings. The molecule has 2 atom stereocenters. The Morgan fingerprint density at radius 2 is 1.20 bits per heavy atom. The Kier molecular flexibility index (Phi) is 2.78. The molecule has 0 spiro atoms. The number of hydrogen-bond acceptors (Lipinski definition) is 4. The first-order chi connectivity index (χ1) is 4.46. The van der Waals surface area contributed by atoms with Crippen molar-refractivity contribution in [2.45, 2.75) is 12.1 Å². The van der Waals surface area contributed by atoms with Gasteiger partial charge in [-0.3, -0.25) is 9.59 Å². The Morgan fingerprint density at radius 1 is 1.00 bits per heavy atom. The van der Waals surface area contributed by atoms with Crippen LogP contribution in [0.4, 0.5) is 0 Å². The van der Waals surface area contributed by atoms with Gasteiger partial charge >= 0.3 is 11.9 Å². The van der Waals surface area contributed by atoms with Crippen molar-refractivity contribution in [1.29, 1.82) is 0 Å². The second-order valence-corrected chi connectivity index (χ2v) is 1.73. The number of nitrogens with two attached hydrogens (primary N) is 2. The van der Waals surface area contributed by atoms with Gasteiger partial charge in [0.1, 0.15) is 12.1 Å². The fraction of sp³-hybridized carbons (Fsp3) is 0.500. The van der Waals surface area contributed by atoms with Crippen LogP contribution in [0.25, 0.3) is 0 Å². The Hall–Kier alpha value is -1.14. The Balaban J connectivity index is 4.07. The second-order valence-electron chi connectivity index (χ2n) is 1.73. The van der Waals surface area contributed by atoms with Gasteiger partial charge in [0.25, 0.3) is 0 Å². The van der Waals surface area contributed by atoms with Crippen LogP contribution < -0.4 is 11.5 Å². The van der Waals surface area contributed by atoms with Crippen molar-refractivity contribution in [2.75, 3.05) is 0 Å². The third kappa shape index (κ3) is 2.00. The van der Waals surface area contributed by atoms with Crippen molar-refractivity contribution < 1.29 is 19.8 Å². The molecular weight excluding hydrogens is 140 g/mol. The molecule has 0 aromatic carbocycles. The van der Waals surface area contributed by atoms with E-state index in [1.807, 2.05) is 0 Å². The number of aliphatic carboxylic acids is 2. The average molecular weight is 148 g/mol. The van der Waals surface area contributed by atoms with Crippen molar-refractivity contribution in [1.82, 2.24) is 0 Å². The number of carboxylic acid groups (broad SMARTS) is 2. The largest absolute Gasteiger partial charge is 0.480 e. The maximum Gasteiger partial charge on any atom is 0.322 e. The number of carbonyl (C=O) groups is 2. The van der Waals surface area contributed by atoms with Gasteiger partial charge in [-0.1, -0.05) is 0 Å². The van der Waals surface area contributed by atoms with Gasteiger partial charge in [-0.25, -0.2) is 0 Å². The molecule has 0 aliphatic carbocycles. The van der Waals surface area contributed by atoms with Crippen LogP contribution in [0.15, 0.2) is 0 Å². The van der Waals surface area contributed by atoms with E-state index >= 15 is 0 Å². The summed E-state index contributed by atoms with van der Waals surface area (Å²) in [6, 6.07) is -3.09. The lowest BCUT2D eigenvalue weighted by atomic mass is 10.1. The molecule has 1 unspecified atom stereocenters. The standard InChI is InChI=1S/C4H8N2O4/c5-1(3(7)8)2(6)4(9)10/h1-2H,5-6H2,(H,7,8)(H,9,10)/t1-,2?/m0/s1. The molecule has 0 rings (SSSR count). The van der Waals surface area contributed by atoms with Gasteiger partial charge in [0, 0.05) is 0 Å². The Bertz CT molecular complexity index is 139. The van der Waals surface area contributed by atoms with Gasteiger partial charge in [-0.15, -0.1) is 0 Å². The predicted octanol–water partition coefficient (Wildman–Crippen LogP) is -2.19. The summed E-state index contributed by atoms with van der Waals surface area (Å²) in [7, 11) is 0. The zero-order chi connectivity index (χ0) is 8.31. The second kappa shape index (κ2) is 3.14. The molecular formula is C4H8N2O4. The molecule has 0 aromatic heterocycles. The first-order valence-corrected chi connectivity index (χ1v) is 2.43. The number of hydrogen-bond donors (Lipinski definition) is 4. The third-order valence-corrected chi connectivity index (χ3v) is 0.957. The van der Waals surface area contributed by atoms with Crippen LogP contribution in [0, 0.1) is 0 Å². The average Bonchev–Trinajstić information content (AvgIpc) is 1.84. The molecule has 10 heavy (non-hydrogen) atoms. The first kappa shape index (κ1) is 8.86. The summed E-state index contributed by atoms with van der Waals surface area (Å²) in [4.78, 5) is 20.0. The Labute approximate surface area is 56.4 Å². The van der Waals surface area contributed by atoms with Crippen LogP contribution >= 0.6 is 0 Å². The van der Waals surface area contributed by atoms with Gasteiger partial charge in [0.05, 0.1) is 0 Å². The van der Waals surface area contributed by atoms with Crippen LogP contribution in [-0.2, 0) is 9.59 Å². The van der Waals surface area contributed by atoms with Crippen LogP contribution in [0.2, 0.25) is 0 Å². The summed E-state index contributed by atoms with van der Waals surface area (Å²) in [5.74, 6) is -2.84. The van der Waals surface area contributed by atoms with Gasteiger partial charge in [0.2, 0.25) is 0 Å². The molecule has 6 nitrogen and oxygen atoms in total. The van der Waals surface area contributed by atoms with E-state index in [0.717, 1.165) is 0 Å². The molecule has 0 fully saturated rings. The van der Waals surface area contributed by atoms with E-state index in [9.17, 15) is 9.59 Å². The van der Waals surface area contributed by atoms with E-state index < -0.39 is 24.0 Å². The van der Waals surface area contributed by atoms with E-state index in [0.29, 0.717) is 0 Å². The number of carboxylic acids is 2. The lowest BCUT2D eigenvalue weighted by Crippen LogP contribution is -2.51. The topological polar surface area (TPSA) is 127 Å². The van der Waals surface area contributed by atoms with Crippen molar-refractivity contribution >= 4 is 11.9 Å². The fourth-order valence-corrected chi connectivity index (χ4v) is 0.307. The zero-order valence-electron chi connectivity index (χ0n) is 5.02. The quantitative estimate of drug-likeness (QED) is 0.360. The zero-order valence-corrected chi connectivity index (χ0v) is 5.02. The normalized spacial score (nSPS) is 15.8. The highest BCUT2D eigenvalue weighted by molar-refractivity contribution is 5.84. The minimum absolute atomic E-state index is 1.42. The Morgan fingerprint density at radius 3 is 1.30 bits per heavy atom. The summed E-state index contributed by atoms with van der Waals surface area (Å²) in [5.41, 5.74) is 9.71. The lowest BCUT2D eigenvalue weighted by Gasteiger charge is -2.09. The fourth-order valence-electron chi connectivity index (χ4n) is 0.307. The summed E-state index contributed by atoms with van der Waals surface area (Å²) >= 11 is 0. The van der Waals surface area contributed by atoms with E-state index in [2.05, 4.69) is 0 Å². The molecule has 0 aliphatic heterocycles. The SMILES string of the molecule is NC(C(=O)O)[C@H](N)C(=O)O. The van der Waals surface area contributed by atoms with Crippen LogP contribution in [0.3, 0.4) is 0 Å². The molecule has 6 heteroatoms. The van der Waals surface area contributed by atoms with Crippen LogP contribution in [0.5, 0.6) is 0 Å². The lowest BCUT2D eigenvalue weighted by molar-refractivity contribution is -0.146. The van der Waals surface area contributed by atoms with Crippen molar-refractivity contribution in [3.05, 3.63) is 0 Å². The highest BCUT2D eigenvalue weighted by Crippen LogP contribution is 1.86. The van der Waals surface area contributed by atoms with Crippen LogP contribution in [0.1, 0.15) is 0 Å². The maximum atomic E-state index is 9.98. The van der Waals surface area contributed by atoms with Crippen molar-refractivity contribution in [3.63, 3.8) is 0 Å². The third-order valence-electron chi connectivity index (χ3n) is 0.957. The van der Waals surface area contributed by atoms with E-state index in [-0.39, 0.29) is 0 Å². The smallest absolute Gasteiger partial charge is 0.322 e. The van der Waals surface area contributed by atoms with Gasteiger partial charge < -0.3 is 21.7 Å². The minimum atomic E-state index is -1.54. The predicted molar refractivity (Wildman–Crippen MR) is 31.2 cm³/mol. The van der Waals surface area contributed by atoms with Gasteiger partial charge in [-0.2, -0.15) is 0 Å². The molecule has 0 saturated carbocycles. The molecule has 0 aliphatic rings. The summed E-state index contributed by atoms with van der Waals surface area (Å²) < 4.78 is 0. The molecule has 6 N–H and O–H groups in total. The summed E-state index contributed by atoms with van der Waals surface area (Å²) in [5, 5.41) is 16.3. The van der Waals surface area contributed by atoms with E-state index in [1.165, 1.54) is 0 Å². The summed E-state index contributed by atoms with van der Waals surface area (Å²) in [6.45, 7) is 0. The molecule has 0 saturated heterocycles. The molecule has 58 valence electrons. The van der Waals surface area contributed by atoms with E-state index in [4.69, 9.17) is 21.7 Å². The minimum Gasteiger partial charge on any atom is -0.480 e. The maximum absolute atomic E-state index is 9.98. The van der Waals surface area contributed by atoms with E-state index in [1.54, 1.807) is 0 Å². The molecule has 0 bridgehead atoms. The first-order valence-electron chi connectivity index (χ1n) is 2.43. The van der Waals surface area contributed by atoms with Gasteiger partial charge in [0.15, 0.2) is 0 Å². The van der Waals surface area contributed by atoms with Crippen LogP contribution in [-0.4, -0.2) is 34.2 Å². The highest BCUT2D eigenvalue weighted by Gasteiger charge is 2.26. The highest BCUT2D eigenvalue weighted by atomic mass is 16.4. The summed E-state index contributed by atoms with van der Waals surface area (Å²) in [6.07, 6.45) is 0. The van der Waals surface area contributed by atoms with Crippen molar-refractivity contribution in [2.24, 2.45) is 11.5 Å². The molecule has 0 amide bonds. The monoisotopic (exact) mass is 148 g/mol. The number of rotatable bonds is 3. The molecule has 0 heterocycles. The van der Waals surface area contributed by atoms with Crippen molar-refractivity contribution in [3.8, 4) is 0 Å².